The highest BCUT2D eigenvalue weighted by molar-refractivity contribution is 5.95. The van der Waals surface area contributed by atoms with E-state index < -0.39 is 12.2 Å². The first kappa shape index (κ1) is 32.1. The average molecular weight is 646 g/mol. The van der Waals surface area contributed by atoms with E-state index in [1.54, 1.807) is 49.7 Å². The first-order valence-corrected chi connectivity index (χ1v) is 15.7. The molecule has 3 aromatic carbocycles. The second kappa shape index (κ2) is 13.5. The number of anilines is 1. The molecule has 3 heterocycles. The van der Waals surface area contributed by atoms with Gasteiger partial charge in [-0.05, 0) is 80.4 Å². The number of ether oxygens (including phenoxy) is 3. The Morgan fingerprint density at radius 2 is 1.81 bits per heavy atom. The van der Waals surface area contributed by atoms with Gasteiger partial charge in [0.1, 0.15) is 28.9 Å². The quantitative estimate of drug-likeness (QED) is 0.168. The molecule has 1 atom stereocenters. The number of hydrogen-bond acceptors (Lipinski definition) is 9. The van der Waals surface area contributed by atoms with E-state index in [4.69, 9.17) is 18.6 Å². The molecule has 1 aliphatic heterocycles. The minimum atomic E-state index is -0.560. The normalized spacial score (nSPS) is 14.3. The largest absolute Gasteiger partial charge is 0.496 e. The van der Waals surface area contributed by atoms with E-state index in [1.807, 2.05) is 58.0 Å². The highest BCUT2D eigenvalue weighted by atomic mass is 16.6. The lowest BCUT2D eigenvalue weighted by atomic mass is 10.00. The van der Waals surface area contributed by atoms with Gasteiger partial charge in [-0.3, -0.25) is 9.69 Å². The summed E-state index contributed by atoms with van der Waals surface area (Å²) < 4.78 is 23.2. The predicted molar refractivity (Wildman–Crippen MR) is 180 cm³/mol. The van der Waals surface area contributed by atoms with Gasteiger partial charge in [0.25, 0.3) is 5.91 Å². The number of cyclic esters (lactones) is 1. The summed E-state index contributed by atoms with van der Waals surface area (Å²) in [5, 5.41) is 12.3. The number of fused-ring (bicyclic) bond motifs is 1. The number of carbonyl (C=O) groups is 2. The molecule has 1 N–H and O–H groups in total. The summed E-state index contributed by atoms with van der Waals surface area (Å²) in [6.07, 6.45) is 0.537. The fourth-order valence-corrected chi connectivity index (χ4v) is 5.57. The van der Waals surface area contributed by atoms with Crippen LogP contribution < -0.4 is 19.7 Å². The third kappa shape index (κ3) is 6.51. The standard InChI is InChI=1S/C37H35N5O6/c1-21(2)28-15-23(17-38)16-29-34(28)48-36(41-29)25-11-9-24(10-12-25)35(43)40-19-27-20-42(37(44)47-27)32-14-13-26(18-39-32)33-30(45-5)7-6-8-31(33)46-22(3)4/h6-16,18,21-22,27H,19-20H2,1-5H3,(H,40,43)/t27-/m0/s1. The van der Waals surface area contributed by atoms with Crippen molar-refractivity contribution in [3.63, 3.8) is 0 Å². The summed E-state index contributed by atoms with van der Waals surface area (Å²) in [6.45, 7) is 8.33. The van der Waals surface area contributed by atoms with Crippen LogP contribution >= 0.6 is 0 Å². The van der Waals surface area contributed by atoms with Crippen molar-refractivity contribution in [2.75, 3.05) is 25.1 Å². The Morgan fingerprint density at radius 3 is 2.48 bits per heavy atom. The van der Waals surface area contributed by atoms with Crippen LogP contribution in [0.25, 0.3) is 33.7 Å². The van der Waals surface area contributed by atoms with Gasteiger partial charge in [-0.1, -0.05) is 19.9 Å². The van der Waals surface area contributed by atoms with E-state index in [9.17, 15) is 14.9 Å². The fourth-order valence-electron chi connectivity index (χ4n) is 5.57. The first-order chi connectivity index (χ1) is 23.1. The van der Waals surface area contributed by atoms with Gasteiger partial charge in [0.15, 0.2) is 5.58 Å². The Morgan fingerprint density at radius 1 is 1.06 bits per heavy atom. The number of carbonyl (C=O) groups excluding carboxylic acids is 2. The van der Waals surface area contributed by atoms with Gasteiger partial charge in [0.05, 0.1) is 43.5 Å². The van der Waals surface area contributed by atoms with Gasteiger partial charge in [-0.2, -0.15) is 5.26 Å². The zero-order valence-electron chi connectivity index (χ0n) is 27.3. The summed E-state index contributed by atoms with van der Waals surface area (Å²) in [7, 11) is 1.60. The number of nitrogens with one attached hydrogen (secondary N) is 1. The molecule has 0 saturated carbocycles. The average Bonchev–Trinajstić information content (AvgIpc) is 3.69. The molecule has 1 fully saturated rings. The Labute approximate surface area is 278 Å². The van der Waals surface area contributed by atoms with E-state index in [0.717, 1.165) is 16.7 Å². The summed E-state index contributed by atoms with van der Waals surface area (Å²) in [5.41, 5.74) is 5.38. The van der Waals surface area contributed by atoms with Gasteiger partial charge < -0.3 is 23.9 Å². The van der Waals surface area contributed by atoms with Gasteiger partial charge in [0.2, 0.25) is 5.89 Å². The van der Waals surface area contributed by atoms with E-state index >= 15 is 0 Å². The lowest BCUT2D eigenvalue weighted by Crippen LogP contribution is -2.34. The Bertz CT molecular complexity index is 2010. The molecule has 0 aliphatic carbocycles. The lowest BCUT2D eigenvalue weighted by Gasteiger charge is -2.18. The number of pyridine rings is 1. The monoisotopic (exact) mass is 645 g/mol. The van der Waals surface area contributed by atoms with Crippen molar-refractivity contribution in [1.82, 2.24) is 15.3 Å². The SMILES string of the molecule is COc1cccc(OC(C)C)c1-c1ccc(N2C[C@H](CNC(=O)c3ccc(-c4nc5cc(C#N)cc(C(C)C)c5o4)cc3)OC2=O)nc1. The van der Waals surface area contributed by atoms with Crippen LogP contribution in [-0.2, 0) is 4.74 Å². The van der Waals surface area contributed by atoms with Gasteiger partial charge in [-0.25, -0.2) is 14.8 Å². The molecule has 0 radical (unpaired) electrons. The fraction of sp³-hybridized carbons (Fsp3) is 0.270. The predicted octanol–water partition coefficient (Wildman–Crippen LogP) is 7.10. The number of nitrogens with zero attached hydrogens (tertiary/aromatic N) is 4. The van der Waals surface area contributed by atoms with Crippen LogP contribution in [0.2, 0.25) is 0 Å². The smallest absolute Gasteiger partial charge is 0.416 e. The van der Waals surface area contributed by atoms with Crippen LogP contribution in [0.3, 0.4) is 0 Å². The maximum Gasteiger partial charge on any atom is 0.416 e. The summed E-state index contributed by atoms with van der Waals surface area (Å²) in [4.78, 5) is 36.3. The van der Waals surface area contributed by atoms with Crippen molar-refractivity contribution in [3.8, 4) is 40.1 Å². The zero-order chi connectivity index (χ0) is 33.9. The number of aromatic nitrogens is 2. The third-order valence-electron chi connectivity index (χ3n) is 7.91. The molecule has 1 saturated heterocycles. The molecule has 0 unspecified atom stereocenters. The number of nitriles is 1. The highest BCUT2D eigenvalue weighted by Gasteiger charge is 2.33. The number of hydrogen-bond donors (Lipinski definition) is 1. The van der Waals surface area contributed by atoms with Crippen LogP contribution in [0.1, 0.15) is 55.1 Å². The van der Waals surface area contributed by atoms with Gasteiger partial charge in [-0.15, -0.1) is 0 Å². The molecular weight excluding hydrogens is 610 g/mol. The summed E-state index contributed by atoms with van der Waals surface area (Å²) >= 11 is 0. The van der Waals surface area contributed by atoms with Gasteiger partial charge in [0, 0.05) is 28.5 Å². The molecule has 11 heteroatoms. The molecule has 2 amide bonds. The topological polar surface area (TPSA) is 140 Å². The number of benzene rings is 3. The molecule has 1 aliphatic rings. The summed E-state index contributed by atoms with van der Waals surface area (Å²) in [6, 6.07) is 21.8. The molecule has 244 valence electrons. The lowest BCUT2D eigenvalue weighted by molar-refractivity contribution is 0.0916. The molecule has 11 nitrogen and oxygen atoms in total. The second-order valence-electron chi connectivity index (χ2n) is 12.0. The number of methoxy groups -OCH3 is 1. The van der Waals surface area contributed by atoms with Crippen molar-refractivity contribution in [2.24, 2.45) is 0 Å². The number of oxazole rings is 1. The van der Waals surface area contributed by atoms with Crippen molar-refractivity contribution >= 4 is 28.9 Å². The van der Waals surface area contributed by atoms with Crippen LogP contribution in [0.5, 0.6) is 11.5 Å². The van der Waals surface area contributed by atoms with Crippen molar-refractivity contribution < 1.29 is 28.2 Å². The molecule has 0 bridgehead atoms. The molecule has 0 spiro atoms. The Hall–Kier alpha value is -5.89. The second-order valence-corrected chi connectivity index (χ2v) is 12.0. The summed E-state index contributed by atoms with van der Waals surface area (Å²) in [5.74, 6) is 1.99. The number of amides is 2. The highest BCUT2D eigenvalue weighted by Crippen LogP contribution is 2.39. The third-order valence-corrected chi connectivity index (χ3v) is 7.91. The van der Waals surface area contributed by atoms with E-state index in [2.05, 4.69) is 21.4 Å². The minimum Gasteiger partial charge on any atom is -0.496 e. The maximum absolute atomic E-state index is 13.0. The Kier molecular flexibility index (Phi) is 8.99. The van der Waals surface area contributed by atoms with Crippen molar-refractivity contribution in [1.29, 1.82) is 5.26 Å². The zero-order valence-corrected chi connectivity index (χ0v) is 27.3. The van der Waals surface area contributed by atoms with Crippen molar-refractivity contribution in [2.45, 2.75) is 45.8 Å². The van der Waals surface area contributed by atoms with E-state index in [-0.39, 0.29) is 31.0 Å². The van der Waals surface area contributed by atoms with Crippen LogP contribution in [0, 0.1) is 11.3 Å². The minimum absolute atomic E-state index is 0.0297. The van der Waals surface area contributed by atoms with Crippen LogP contribution in [-0.4, -0.2) is 54.4 Å². The molecule has 48 heavy (non-hydrogen) atoms. The van der Waals surface area contributed by atoms with E-state index in [0.29, 0.717) is 51.0 Å². The molecule has 2 aromatic heterocycles. The first-order valence-electron chi connectivity index (χ1n) is 15.7. The van der Waals surface area contributed by atoms with Crippen molar-refractivity contribution in [3.05, 3.63) is 89.6 Å². The van der Waals surface area contributed by atoms with Crippen LogP contribution in [0.4, 0.5) is 10.6 Å². The van der Waals surface area contributed by atoms with Gasteiger partial charge >= 0.3 is 6.09 Å². The molecule has 6 rings (SSSR count). The molecular formula is C37H35N5O6. The Balaban J connectivity index is 1.09. The number of rotatable bonds is 10. The molecule has 5 aromatic rings. The maximum atomic E-state index is 13.0. The van der Waals surface area contributed by atoms with E-state index in [1.165, 1.54) is 4.90 Å². The van der Waals surface area contributed by atoms with Crippen LogP contribution in [0.15, 0.2) is 77.3 Å².